The zero-order valence-electron chi connectivity index (χ0n) is 13.8. The molecular formula is C15H22ClN3O4. The van der Waals surface area contributed by atoms with Crippen LogP contribution in [0.15, 0.2) is 6.20 Å². The van der Waals surface area contributed by atoms with Gasteiger partial charge in [0.2, 0.25) is 0 Å². The van der Waals surface area contributed by atoms with Crippen LogP contribution in [0.1, 0.15) is 49.3 Å². The molecule has 2 heterocycles. The van der Waals surface area contributed by atoms with Gasteiger partial charge in [0.25, 0.3) is 0 Å². The van der Waals surface area contributed by atoms with Crippen molar-refractivity contribution >= 4 is 23.7 Å². The van der Waals surface area contributed by atoms with Crippen LogP contribution in [0, 0.1) is 6.92 Å². The lowest BCUT2D eigenvalue weighted by Gasteiger charge is -2.24. The fourth-order valence-electron chi connectivity index (χ4n) is 2.45. The Balaban J connectivity index is 2.03. The number of aryl methyl sites for hydroxylation is 1. The van der Waals surface area contributed by atoms with Gasteiger partial charge in [-0.1, -0.05) is 11.6 Å². The average Bonchev–Trinajstić information content (AvgIpc) is 3.03. The maximum absolute atomic E-state index is 12.1. The van der Waals surface area contributed by atoms with Crippen LogP contribution in [0.5, 0.6) is 0 Å². The van der Waals surface area contributed by atoms with Crippen molar-refractivity contribution in [2.45, 2.75) is 45.8 Å². The number of hydrogen-bond acceptors (Lipinski definition) is 5. The lowest BCUT2D eigenvalue weighted by molar-refractivity contribution is 0.0288. The molecule has 1 fully saturated rings. The molecule has 23 heavy (non-hydrogen) atoms. The molecule has 0 radical (unpaired) electrons. The molecule has 1 aliphatic heterocycles. The molecule has 0 N–H and O–H groups in total. The summed E-state index contributed by atoms with van der Waals surface area (Å²) in [5.41, 5.74) is 0.452. The largest absolute Gasteiger partial charge is 0.446 e. The maximum Gasteiger partial charge on any atom is 0.410 e. The van der Waals surface area contributed by atoms with E-state index in [9.17, 15) is 9.59 Å². The fraction of sp³-hybridized carbons (Fsp3) is 0.667. The van der Waals surface area contributed by atoms with Gasteiger partial charge in [0.1, 0.15) is 11.2 Å². The Labute approximate surface area is 140 Å². The van der Waals surface area contributed by atoms with Crippen LogP contribution in [0.4, 0.5) is 4.79 Å². The molecule has 1 saturated heterocycles. The predicted octanol–water partition coefficient (Wildman–Crippen LogP) is 2.73. The number of halogens is 1. The van der Waals surface area contributed by atoms with Gasteiger partial charge in [-0.3, -0.25) is 4.68 Å². The zero-order chi connectivity index (χ0) is 17.2. The van der Waals surface area contributed by atoms with Crippen molar-refractivity contribution in [3.05, 3.63) is 17.5 Å². The number of carbonyl (C=O) groups is 2. The number of carbonyl (C=O) groups excluding carboxylic acids is 2. The Kier molecular flexibility index (Phi) is 5.19. The van der Waals surface area contributed by atoms with Crippen molar-refractivity contribution in [2.75, 3.05) is 19.2 Å². The smallest absolute Gasteiger partial charge is 0.410 e. The molecule has 0 aromatic carbocycles. The van der Waals surface area contributed by atoms with Crippen LogP contribution in [-0.4, -0.2) is 51.5 Å². The number of aromatic nitrogens is 2. The summed E-state index contributed by atoms with van der Waals surface area (Å²) in [5, 5.41) is 4.36. The summed E-state index contributed by atoms with van der Waals surface area (Å²) in [6.07, 6.45) is 2.07. The number of nitrogens with zero attached hydrogens (tertiary/aromatic N) is 3. The minimum Gasteiger partial charge on any atom is -0.446 e. The molecule has 1 unspecified atom stereocenters. The first-order valence-electron chi connectivity index (χ1n) is 7.48. The number of amides is 1. The molecule has 7 nitrogen and oxygen atoms in total. The van der Waals surface area contributed by atoms with Gasteiger partial charge in [0.15, 0.2) is 6.07 Å². The molecule has 128 valence electrons. The molecule has 1 aliphatic rings. The summed E-state index contributed by atoms with van der Waals surface area (Å²) in [7, 11) is 0. The molecule has 0 saturated carbocycles. The van der Waals surface area contributed by atoms with Crippen molar-refractivity contribution in [2.24, 2.45) is 0 Å². The van der Waals surface area contributed by atoms with E-state index in [0.29, 0.717) is 24.3 Å². The number of likely N-dealkylation sites (tertiary alicyclic amines) is 1. The van der Waals surface area contributed by atoms with Crippen LogP contribution in [0.25, 0.3) is 0 Å². The van der Waals surface area contributed by atoms with Gasteiger partial charge in [-0.25, -0.2) is 9.59 Å². The second-order valence-corrected chi connectivity index (χ2v) is 6.74. The molecule has 1 atom stereocenters. The first-order chi connectivity index (χ1) is 10.7. The topological polar surface area (TPSA) is 73.7 Å². The summed E-state index contributed by atoms with van der Waals surface area (Å²) in [4.78, 5) is 25.5. The Morgan fingerprint density at radius 2 is 2.13 bits per heavy atom. The number of alkyl halides is 1. The third kappa shape index (κ3) is 4.37. The van der Waals surface area contributed by atoms with Crippen molar-refractivity contribution in [1.29, 1.82) is 0 Å². The maximum atomic E-state index is 12.1. The normalized spacial score (nSPS) is 18.1. The third-order valence-electron chi connectivity index (χ3n) is 3.51. The molecule has 1 amide bonds. The second kappa shape index (κ2) is 6.78. The van der Waals surface area contributed by atoms with Gasteiger partial charge in [-0.05, 0) is 34.1 Å². The van der Waals surface area contributed by atoms with Gasteiger partial charge >= 0.3 is 12.1 Å². The molecule has 1 aromatic rings. The quantitative estimate of drug-likeness (QED) is 0.623. The van der Waals surface area contributed by atoms with Gasteiger partial charge in [0, 0.05) is 19.3 Å². The first kappa shape index (κ1) is 17.6. The van der Waals surface area contributed by atoms with E-state index in [1.165, 1.54) is 0 Å². The van der Waals surface area contributed by atoms with E-state index in [2.05, 4.69) is 5.10 Å². The van der Waals surface area contributed by atoms with E-state index in [1.54, 1.807) is 22.7 Å². The molecule has 0 aliphatic carbocycles. The summed E-state index contributed by atoms with van der Waals surface area (Å²) < 4.78 is 11.9. The highest BCUT2D eigenvalue weighted by atomic mass is 35.5. The SMILES string of the molecule is Cc1nn(C2CCN(C(=O)OC(C)(C)C)C2)cc1C(=O)OCCl. The minimum absolute atomic E-state index is 0.0127. The number of esters is 1. The van der Waals surface area contributed by atoms with Crippen molar-refractivity contribution in [1.82, 2.24) is 14.7 Å². The number of ether oxygens (including phenoxy) is 2. The molecule has 1 aromatic heterocycles. The Bertz CT molecular complexity index is 594. The summed E-state index contributed by atoms with van der Waals surface area (Å²) in [6, 6.07) is -0.182. The summed E-state index contributed by atoms with van der Waals surface area (Å²) in [6.45, 7) is 8.35. The fourth-order valence-corrected chi connectivity index (χ4v) is 2.55. The Morgan fingerprint density at radius 3 is 2.74 bits per heavy atom. The molecule has 0 spiro atoms. The van der Waals surface area contributed by atoms with E-state index in [4.69, 9.17) is 21.1 Å². The van der Waals surface area contributed by atoms with E-state index < -0.39 is 11.6 Å². The Morgan fingerprint density at radius 1 is 1.43 bits per heavy atom. The minimum atomic E-state index is -0.518. The van der Waals surface area contributed by atoms with Crippen LogP contribution < -0.4 is 0 Å². The zero-order valence-corrected chi connectivity index (χ0v) is 14.6. The summed E-state index contributed by atoms with van der Waals surface area (Å²) in [5.74, 6) is -0.495. The number of hydrogen-bond donors (Lipinski definition) is 0. The second-order valence-electron chi connectivity index (χ2n) is 6.52. The van der Waals surface area contributed by atoms with Crippen molar-refractivity contribution in [3.63, 3.8) is 0 Å². The highest BCUT2D eigenvalue weighted by Crippen LogP contribution is 2.24. The van der Waals surface area contributed by atoms with Gasteiger partial charge in [-0.15, -0.1) is 0 Å². The highest BCUT2D eigenvalue weighted by molar-refractivity contribution is 6.17. The predicted molar refractivity (Wildman–Crippen MR) is 84.6 cm³/mol. The van der Waals surface area contributed by atoms with Crippen molar-refractivity contribution < 1.29 is 19.1 Å². The van der Waals surface area contributed by atoms with Crippen molar-refractivity contribution in [3.8, 4) is 0 Å². The average molecular weight is 344 g/mol. The highest BCUT2D eigenvalue weighted by Gasteiger charge is 2.31. The van der Waals surface area contributed by atoms with Gasteiger partial charge in [0.05, 0.1) is 11.7 Å². The van der Waals surface area contributed by atoms with E-state index >= 15 is 0 Å². The van der Waals surface area contributed by atoms with Crippen LogP contribution in [-0.2, 0) is 9.47 Å². The molecule has 8 heteroatoms. The Hall–Kier alpha value is -1.76. The third-order valence-corrected chi connectivity index (χ3v) is 3.62. The standard InChI is InChI=1S/C15H22ClN3O4/c1-10-12(13(20)22-9-16)8-19(17-10)11-5-6-18(7-11)14(21)23-15(2,3)4/h8,11H,5-7,9H2,1-4H3. The monoisotopic (exact) mass is 343 g/mol. The van der Waals surface area contributed by atoms with E-state index in [1.807, 2.05) is 20.8 Å². The van der Waals surface area contributed by atoms with Gasteiger partial charge in [-0.2, -0.15) is 5.10 Å². The lowest BCUT2D eigenvalue weighted by Crippen LogP contribution is -2.35. The van der Waals surface area contributed by atoms with Crippen LogP contribution in [0.2, 0.25) is 0 Å². The molecule has 2 rings (SSSR count). The van der Waals surface area contributed by atoms with Crippen LogP contribution >= 0.6 is 11.6 Å². The van der Waals surface area contributed by atoms with E-state index in [0.717, 1.165) is 6.42 Å². The van der Waals surface area contributed by atoms with E-state index in [-0.39, 0.29) is 18.2 Å². The lowest BCUT2D eigenvalue weighted by atomic mass is 10.2. The molecular weight excluding hydrogens is 322 g/mol. The first-order valence-corrected chi connectivity index (χ1v) is 8.01. The molecule has 0 bridgehead atoms. The van der Waals surface area contributed by atoms with Gasteiger partial charge < -0.3 is 14.4 Å². The summed E-state index contributed by atoms with van der Waals surface area (Å²) >= 11 is 5.41. The van der Waals surface area contributed by atoms with Crippen LogP contribution in [0.3, 0.4) is 0 Å². The number of rotatable bonds is 3.